The molecule has 0 aliphatic carbocycles. The summed E-state index contributed by atoms with van der Waals surface area (Å²) in [6.07, 6.45) is 0.723. The van der Waals surface area contributed by atoms with Crippen molar-refractivity contribution in [3.05, 3.63) is 95.8 Å². The third-order valence-corrected chi connectivity index (χ3v) is 7.67. The van der Waals surface area contributed by atoms with E-state index in [1.54, 1.807) is 43.3 Å². The van der Waals surface area contributed by atoms with Crippen LogP contribution >= 0.6 is 0 Å². The molecule has 3 aromatic rings. The summed E-state index contributed by atoms with van der Waals surface area (Å²) in [6, 6.07) is 19.5. The van der Waals surface area contributed by atoms with E-state index >= 15 is 0 Å². The Kier molecular flexibility index (Phi) is 9.41. The van der Waals surface area contributed by atoms with Crippen LogP contribution in [0, 0.1) is 12.7 Å². The molecule has 0 saturated heterocycles. The topological polar surface area (TPSA) is 86.8 Å². The molecule has 0 aromatic heterocycles. The molecule has 37 heavy (non-hydrogen) atoms. The fraction of sp³-hybridized carbons (Fsp3) is 0.286. The molecule has 0 fully saturated rings. The average Bonchev–Trinajstić information content (AvgIpc) is 2.89. The lowest BCUT2D eigenvalue weighted by atomic mass is 10.1. The molecule has 1 N–H and O–H groups in total. The lowest BCUT2D eigenvalue weighted by Crippen LogP contribution is -2.51. The fourth-order valence-corrected chi connectivity index (χ4v) is 5.22. The number of anilines is 1. The Morgan fingerprint density at radius 2 is 1.65 bits per heavy atom. The molecule has 0 aliphatic rings. The molecule has 7 nitrogen and oxygen atoms in total. The van der Waals surface area contributed by atoms with Gasteiger partial charge < -0.3 is 10.2 Å². The first kappa shape index (κ1) is 27.9. The number of carbonyl (C=O) groups is 2. The number of sulfonamides is 1. The summed E-state index contributed by atoms with van der Waals surface area (Å²) in [7, 11) is -4.10. The van der Waals surface area contributed by atoms with Crippen LogP contribution in [-0.4, -0.2) is 44.3 Å². The molecule has 0 spiro atoms. The molecular weight excluding hydrogens is 493 g/mol. The summed E-state index contributed by atoms with van der Waals surface area (Å²) in [5, 5.41) is 2.79. The first-order valence-electron chi connectivity index (χ1n) is 12.1. The van der Waals surface area contributed by atoms with Crippen LogP contribution in [0.15, 0.2) is 83.8 Å². The summed E-state index contributed by atoms with van der Waals surface area (Å²) >= 11 is 0. The summed E-state index contributed by atoms with van der Waals surface area (Å²) < 4.78 is 41.9. The summed E-state index contributed by atoms with van der Waals surface area (Å²) in [5.41, 5.74) is 1.77. The molecule has 0 radical (unpaired) electrons. The van der Waals surface area contributed by atoms with Gasteiger partial charge in [-0.3, -0.25) is 13.9 Å². The summed E-state index contributed by atoms with van der Waals surface area (Å²) in [5.74, 6) is -1.34. The van der Waals surface area contributed by atoms with Crippen molar-refractivity contribution in [3.63, 3.8) is 0 Å². The van der Waals surface area contributed by atoms with Crippen LogP contribution < -0.4 is 9.62 Å². The first-order valence-corrected chi connectivity index (χ1v) is 13.5. The second-order valence-electron chi connectivity index (χ2n) is 8.78. The van der Waals surface area contributed by atoms with E-state index in [0.717, 1.165) is 16.3 Å². The Morgan fingerprint density at radius 1 is 0.973 bits per heavy atom. The van der Waals surface area contributed by atoms with Gasteiger partial charge in [-0.15, -0.1) is 0 Å². The van der Waals surface area contributed by atoms with Gasteiger partial charge in [-0.25, -0.2) is 12.8 Å². The van der Waals surface area contributed by atoms with Gasteiger partial charge in [-0.2, -0.15) is 0 Å². The molecule has 0 heterocycles. The van der Waals surface area contributed by atoms with Gasteiger partial charge in [-0.05, 0) is 67.8 Å². The largest absolute Gasteiger partial charge is 0.354 e. The van der Waals surface area contributed by atoms with Crippen molar-refractivity contribution in [3.8, 4) is 0 Å². The number of halogens is 1. The van der Waals surface area contributed by atoms with Gasteiger partial charge in [-0.1, -0.05) is 49.4 Å². The third kappa shape index (κ3) is 7.16. The van der Waals surface area contributed by atoms with Gasteiger partial charge in [0.15, 0.2) is 0 Å². The van der Waals surface area contributed by atoms with Crippen LogP contribution in [0.1, 0.15) is 31.4 Å². The van der Waals surface area contributed by atoms with Gasteiger partial charge in [0.25, 0.3) is 10.0 Å². The van der Waals surface area contributed by atoms with Crippen LogP contribution in [0.25, 0.3) is 0 Å². The zero-order valence-electron chi connectivity index (χ0n) is 21.2. The maximum absolute atomic E-state index is 13.7. The fourth-order valence-electron chi connectivity index (χ4n) is 3.80. The lowest BCUT2D eigenvalue weighted by molar-refractivity contribution is -0.139. The van der Waals surface area contributed by atoms with Crippen molar-refractivity contribution < 1.29 is 22.4 Å². The number of benzene rings is 3. The number of aryl methyl sites for hydroxylation is 1. The van der Waals surface area contributed by atoms with Crippen molar-refractivity contribution >= 4 is 27.5 Å². The molecule has 0 bridgehead atoms. The molecule has 0 saturated carbocycles. The predicted octanol–water partition coefficient (Wildman–Crippen LogP) is 4.27. The van der Waals surface area contributed by atoms with Gasteiger partial charge >= 0.3 is 0 Å². The lowest BCUT2D eigenvalue weighted by Gasteiger charge is -2.32. The molecule has 196 valence electrons. The highest BCUT2D eigenvalue weighted by atomic mass is 32.2. The molecule has 2 amide bonds. The smallest absolute Gasteiger partial charge is 0.264 e. The number of nitrogens with one attached hydrogen (secondary N) is 1. The normalized spacial score (nSPS) is 12.0. The number of amides is 2. The van der Waals surface area contributed by atoms with E-state index < -0.39 is 34.3 Å². The Hall–Kier alpha value is -3.72. The van der Waals surface area contributed by atoms with Crippen molar-refractivity contribution in [1.29, 1.82) is 0 Å². The highest BCUT2D eigenvalue weighted by molar-refractivity contribution is 7.92. The van der Waals surface area contributed by atoms with E-state index in [0.29, 0.717) is 17.8 Å². The Balaban J connectivity index is 2.00. The zero-order valence-corrected chi connectivity index (χ0v) is 22.0. The third-order valence-electron chi connectivity index (χ3n) is 5.88. The number of rotatable bonds is 11. The maximum atomic E-state index is 13.7. The summed E-state index contributed by atoms with van der Waals surface area (Å²) in [4.78, 5) is 27.9. The van der Waals surface area contributed by atoms with E-state index in [-0.39, 0.29) is 17.3 Å². The number of nitrogens with zero attached hydrogens (tertiary/aromatic N) is 2. The van der Waals surface area contributed by atoms with E-state index in [1.165, 1.54) is 41.3 Å². The van der Waals surface area contributed by atoms with E-state index in [1.807, 2.05) is 19.9 Å². The highest BCUT2D eigenvalue weighted by Crippen LogP contribution is 2.25. The van der Waals surface area contributed by atoms with Crippen molar-refractivity contribution in [2.75, 3.05) is 17.4 Å². The number of hydrogen-bond acceptors (Lipinski definition) is 4. The van der Waals surface area contributed by atoms with E-state index in [2.05, 4.69) is 5.32 Å². The molecule has 1 atom stereocenters. The van der Waals surface area contributed by atoms with Gasteiger partial charge in [0.1, 0.15) is 18.4 Å². The van der Waals surface area contributed by atoms with Crippen molar-refractivity contribution in [2.24, 2.45) is 0 Å². The van der Waals surface area contributed by atoms with Crippen LogP contribution in [-0.2, 0) is 26.2 Å². The molecule has 3 rings (SSSR count). The highest BCUT2D eigenvalue weighted by Gasteiger charge is 2.32. The van der Waals surface area contributed by atoms with Gasteiger partial charge in [0, 0.05) is 13.1 Å². The minimum atomic E-state index is -4.10. The van der Waals surface area contributed by atoms with Gasteiger partial charge in [0.2, 0.25) is 11.8 Å². The van der Waals surface area contributed by atoms with Crippen LogP contribution in [0.3, 0.4) is 0 Å². The minimum absolute atomic E-state index is 0.00681. The standard InChI is InChI=1S/C28H32FN3O4S/c1-4-17-30-28(34)22(3)31(19-23-13-15-24(29)16-14-23)27(33)20-32(25-10-8-9-21(2)18-25)37(35,36)26-11-6-5-7-12-26/h5-16,18,22H,4,17,19-20H2,1-3H3,(H,30,34)/t22-/m1/s1. The average molecular weight is 526 g/mol. The molecule has 0 aliphatic heterocycles. The maximum Gasteiger partial charge on any atom is 0.264 e. The Labute approximate surface area is 218 Å². The SMILES string of the molecule is CCCNC(=O)[C@@H](C)N(Cc1ccc(F)cc1)C(=O)CN(c1cccc(C)c1)S(=O)(=O)c1ccccc1. The Bertz CT molecular complexity index is 1310. The quantitative estimate of drug-likeness (QED) is 0.405. The Morgan fingerprint density at radius 3 is 2.27 bits per heavy atom. The van der Waals surface area contributed by atoms with Crippen LogP contribution in [0.2, 0.25) is 0 Å². The van der Waals surface area contributed by atoms with E-state index in [9.17, 15) is 22.4 Å². The van der Waals surface area contributed by atoms with Crippen molar-refractivity contribution in [1.82, 2.24) is 10.2 Å². The van der Waals surface area contributed by atoms with Crippen LogP contribution in [0.5, 0.6) is 0 Å². The molecule has 0 unspecified atom stereocenters. The number of hydrogen-bond donors (Lipinski definition) is 1. The van der Waals surface area contributed by atoms with Crippen molar-refractivity contribution in [2.45, 2.75) is 44.7 Å². The van der Waals surface area contributed by atoms with E-state index in [4.69, 9.17) is 0 Å². The zero-order chi connectivity index (χ0) is 27.0. The predicted molar refractivity (Wildman–Crippen MR) is 142 cm³/mol. The van der Waals surface area contributed by atoms with Gasteiger partial charge in [0.05, 0.1) is 10.6 Å². The van der Waals surface area contributed by atoms with Crippen LogP contribution in [0.4, 0.5) is 10.1 Å². The number of carbonyl (C=O) groups excluding carboxylic acids is 2. The minimum Gasteiger partial charge on any atom is -0.354 e. The summed E-state index contributed by atoms with van der Waals surface area (Å²) in [6.45, 7) is 5.27. The molecule has 9 heteroatoms. The molecule has 3 aromatic carbocycles. The second-order valence-corrected chi connectivity index (χ2v) is 10.6. The molecular formula is C28H32FN3O4S. The monoisotopic (exact) mass is 525 g/mol. The first-order chi connectivity index (χ1) is 17.6. The second kappa shape index (κ2) is 12.5.